The summed E-state index contributed by atoms with van der Waals surface area (Å²) in [4.78, 5) is 5.70. The van der Waals surface area contributed by atoms with Crippen molar-refractivity contribution in [1.82, 2.24) is 4.98 Å². The highest BCUT2D eigenvalue weighted by Gasteiger charge is 2.32. The van der Waals surface area contributed by atoms with Crippen LogP contribution in [0.4, 0.5) is 26.0 Å². The van der Waals surface area contributed by atoms with E-state index >= 15 is 0 Å². The van der Waals surface area contributed by atoms with Crippen molar-refractivity contribution in [3.05, 3.63) is 45.9 Å². The van der Waals surface area contributed by atoms with Crippen molar-refractivity contribution < 1.29 is 23.4 Å². The normalized spacial score (nSPS) is 20.1. The van der Waals surface area contributed by atoms with Crippen molar-refractivity contribution in [1.29, 1.82) is 0 Å². The summed E-state index contributed by atoms with van der Waals surface area (Å²) in [6.45, 7) is 0.273. The van der Waals surface area contributed by atoms with Crippen molar-refractivity contribution >= 4 is 50.8 Å². The lowest BCUT2D eigenvalue weighted by Crippen LogP contribution is -2.22. The molecule has 3 heterocycles. The maximum absolute atomic E-state index is 14.1. The Morgan fingerprint density at radius 3 is 2.65 bits per heavy atom. The third kappa shape index (κ3) is 2.99. The van der Waals surface area contributed by atoms with Gasteiger partial charge in [-0.25, -0.2) is 13.8 Å². The van der Waals surface area contributed by atoms with E-state index in [4.69, 9.17) is 4.42 Å². The van der Waals surface area contributed by atoms with Gasteiger partial charge in [0, 0.05) is 16.7 Å². The number of benzene rings is 1. The predicted molar refractivity (Wildman–Crippen MR) is 99.4 cm³/mol. The van der Waals surface area contributed by atoms with Crippen molar-refractivity contribution in [2.24, 2.45) is 0 Å². The lowest BCUT2D eigenvalue weighted by Gasteiger charge is -2.18. The molecule has 1 aliphatic heterocycles. The molecular weight excluding hydrogens is 459 g/mol. The average molecular weight is 472 g/mol. The maximum Gasteiger partial charge on any atom is 0.196 e. The second-order valence-electron chi connectivity index (χ2n) is 6.00. The number of furan rings is 1. The van der Waals surface area contributed by atoms with Crippen LogP contribution in [-0.4, -0.2) is 40.5 Å². The van der Waals surface area contributed by atoms with Crippen molar-refractivity contribution in [3.63, 3.8) is 0 Å². The molecule has 4 rings (SSSR count). The van der Waals surface area contributed by atoms with Crippen LogP contribution in [0, 0.1) is 21.5 Å². The molecule has 26 heavy (non-hydrogen) atoms. The van der Waals surface area contributed by atoms with Gasteiger partial charge in [-0.1, -0.05) is 0 Å². The van der Waals surface area contributed by atoms with E-state index in [1.807, 2.05) is 22.6 Å². The van der Waals surface area contributed by atoms with Gasteiger partial charge in [-0.15, -0.1) is 0 Å². The SMILES string of the molecule is O[C@H]1CN(c2ncc(F)c3o[c]c(Nc4ccc(I)cc4F)c23)C[C@@H]1O. The van der Waals surface area contributed by atoms with Crippen LogP contribution in [0.2, 0.25) is 0 Å². The summed E-state index contributed by atoms with van der Waals surface area (Å²) in [6, 6.07) is 4.64. The number of aliphatic hydroxyl groups is 2. The Hall–Kier alpha value is -1.98. The van der Waals surface area contributed by atoms with Gasteiger partial charge in [-0.2, -0.15) is 0 Å². The number of pyridine rings is 1. The van der Waals surface area contributed by atoms with E-state index in [0.717, 1.165) is 9.77 Å². The third-order valence-electron chi connectivity index (χ3n) is 4.22. The standard InChI is InChI=1S/C17H13F2IN3O3/c18-9-3-8(20)1-2-11(9)22-12-7-26-16-10(19)4-21-17(15(12)16)23-5-13(24)14(25)6-23/h1-4,13-14,22,24-25H,5-6H2/t13-,14-/m0/s1. The Bertz CT molecular complexity index is 971. The summed E-state index contributed by atoms with van der Waals surface area (Å²) in [7, 11) is 0. The quantitative estimate of drug-likeness (QED) is 0.509. The van der Waals surface area contributed by atoms with Crippen LogP contribution in [0.3, 0.4) is 0 Å². The van der Waals surface area contributed by atoms with Crippen LogP contribution in [0.25, 0.3) is 11.0 Å². The monoisotopic (exact) mass is 472 g/mol. The van der Waals surface area contributed by atoms with E-state index in [-0.39, 0.29) is 35.4 Å². The molecule has 9 heteroatoms. The molecule has 3 aromatic rings. The first-order chi connectivity index (χ1) is 12.4. The van der Waals surface area contributed by atoms with Gasteiger partial charge in [0.15, 0.2) is 17.7 Å². The Balaban J connectivity index is 1.79. The van der Waals surface area contributed by atoms with Gasteiger partial charge >= 0.3 is 0 Å². The zero-order valence-electron chi connectivity index (χ0n) is 13.2. The van der Waals surface area contributed by atoms with Crippen LogP contribution in [0.1, 0.15) is 0 Å². The number of aliphatic hydroxyl groups excluding tert-OH is 2. The van der Waals surface area contributed by atoms with Crippen LogP contribution < -0.4 is 10.2 Å². The fourth-order valence-corrected chi connectivity index (χ4v) is 3.39. The van der Waals surface area contributed by atoms with E-state index in [9.17, 15) is 19.0 Å². The zero-order valence-corrected chi connectivity index (χ0v) is 15.4. The molecule has 0 saturated carbocycles. The van der Waals surface area contributed by atoms with Gasteiger partial charge in [0.25, 0.3) is 0 Å². The molecule has 0 aliphatic carbocycles. The molecule has 1 aromatic carbocycles. The van der Waals surface area contributed by atoms with E-state index < -0.39 is 23.8 Å². The van der Waals surface area contributed by atoms with Gasteiger partial charge < -0.3 is 24.8 Å². The smallest absolute Gasteiger partial charge is 0.196 e. The molecule has 0 spiro atoms. The number of hydrogen-bond donors (Lipinski definition) is 3. The van der Waals surface area contributed by atoms with E-state index in [1.54, 1.807) is 17.0 Å². The summed E-state index contributed by atoms with van der Waals surface area (Å²) < 4.78 is 34.2. The number of anilines is 3. The largest absolute Gasteiger partial charge is 0.447 e. The minimum atomic E-state index is -0.933. The van der Waals surface area contributed by atoms with Crippen LogP contribution in [-0.2, 0) is 0 Å². The fraction of sp³-hybridized carbons (Fsp3) is 0.235. The lowest BCUT2D eigenvalue weighted by molar-refractivity contribution is 0.0572. The highest BCUT2D eigenvalue weighted by atomic mass is 127. The second-order valence-corrected chi connectivity index (χ2v) is 7.25. The van der Waals surface area contributed by atoms with E-state index in [0.29, 0.717) is 5.82 Å². The van der Waals surface area contributed by atoms with Crippen molar-refractivity contribution in [2.75, 3.05) is 23.3 Å². The van der Waals surface area contributed by atoms with Gasteiger partial charge in [0.2, 0.25) is 0 Å². The van der Waals surface area contributed by atoms with E-state index in [1.165, 1.54) is 6.07 Å². The molecule has 1 fully saturated rings. The molecular formula is C17H13F2IN3O3. The molecule has 2 atom stereocenters. The Morgan fingerprint density at radius 1 is 1.23 bits per heavy atom. The van der Waals surface area contributed by atoms with Gasteiger partial charge in [-0.3, -0.25) is 0 Å². The zero-order chi connectivity index (χ0) is 18.4. The minimum absolute atomic E-state index is 0.0840. The first-order valence-electron chi connectivity index (χ1n) is 7.76. The summed E-state index contributed by atoms with van der Waals surface area (Å²) in [5.41, 5.74) is 0.318. The fourth-order valence-electron chi connectivity index (χ4n) is 2.94. The van der Waals surface area contributed by atoms with E-state index in [2.05, 4.69) is 16.6 Å². The number of β-amino-alcohol motifs (C(OH)–C–C–N with tert-alkyl or cyclic N) is 2. The van der Waals surface area contributed by atoms with Crippen LogP contribution >= 0.6 is 22.6 Å². The average Bonchev–Trinajstić information content (AvgIpc) is 3.16. The summed E-state index contributed by atoms with van der Waals surface area (Å²) in [6.07, 6.45) is 1.68. The third-order valence-corrected chi connectivity index (χ3v) is 4.89. The van der Waals surface area contributed by atoms with Crippen LogP contribution in [0.5, 0.6) is 0 Å². The molecule has 135 valence electrons. The molecule has 6 nitrogen and oxygen atoms in total. The summed E-state index contributed by atoms with van der Waals surface area (Å²) in [5.74, 6) is -0.843. The highest BCUT2D eigenvalue weighted by Crippen LogP contribution is 2.37. The minimum Gasteiger partial charge on any atom is -0.447 e. The number of hydrogen-bond acceptors (Lipinski definition) is 6. The number of nitrogens with zero attached hydrogens (tertiary/aromatic N) is 2. The molecule has 1 aliphatic rings. The molecule has 0 unspecified atom stereocenters. The Kier molecular flexibility index (Phi) is 4.45. The molecule has 1 saturated heterocycles. The number of fused-ring (bicyclic) bond motifs is 1. The lowest BCUT2D eigenvalue weighted by atomic mass is 10.2. The highest BCUT2D eigenvalue weighted by molar-refractivity contribution is 14.1. The molecule has 0 amide bonds. The number of aromatic nitrogens is 1. The number of nitrogens with one attached hydrogen (secondary N) is 1. The van der Waals surface area contributed by atoms with Gasteiger partial charge in [-0.05, 0) is 40.8 Å². The Morgan fingerprint density at radius 2 is 1.96 bits per heavy atom. The van der Waals surface area contributed by atoms with Gasteiger partial charge in [0.1, 0.15) is 17.3 Å². The number of halogens is 3. The molecule has 2 aromatic heterocycles. The van der Waals surface area contributed by atoms with Crippen molar-refractivity contribution in [3.8, 4) is 0 Å². The summed E-state index contributed by atoms with van der Waals surface area (Å²) >= 11 is 2.00. The maximum atomic E-state index is 14.1. The first kappa shape index (κ1) is 17.4. The summed E-state index contributed by atoms with van der Waals surface area (Å²) in [5, 5.41) is 22.7. The van der Waals surface area contributed by atoms with Crippen LogP contribution in [0.15, 0.2) is 28.8 Å². The van der Waals surface area contributed by atoms with Crippen molar-refractivity contribution in [2.45, 2.75) is 12.2 Å². The molecule has 3 N–H and O–H groups in total. The predicted octanol–water partition coefficient (Wildman–Crippen LogP) is 2.80. The topological polar surface area (TPSA) is 81.8 Å². The second kappa shape index (κ2) is 6.63. The molecule has 1 radical (unpaired) electrons. The van der Waals surface area contributed by atoms with Gasteiger partial charge in [0.05, 0.1) is 29.5 Å². The molecule has 0 bridgehead atoms. The Labute approximate surface area is 160 Å². The first-order valence-corrected chi connectivity index (χ1v) is 8.83. The number of rotatable bonds is 3.